The summed E-state index contributed by atoms with van der Waals surface area (Å²) in [5, 5.41) is 10.4. The number of hydrogen-bond donors (Lipinski definition) is 2. The standard InChI is InChI=1S/C16H23N7O/c17-15-3-4-19-16(20-15)22-6-5-21(9-14(24)10-22)8-13-7-18-11-23(13)12-1-2-12/h3-4,7,11-12,14,24H,1-2,5-6,8-10H2,(H2,17,19,20)/t14-/m0/s1. The topological polar surface area (TPSA) is 96.3 Å². The fourth-order valence-corrected chi connectivity index (χ4v) is 3.26. The summed E-state index contributed by atoms with van der Waals surface area (Å²) in [7, 11) is 0. The van der Waals surface area contributed by atoms with Crippen LogP contribution in [-0.4, -0.2) is 61.8 Å². The number of nitrogens with two attached hydrogens (primary N) is 1. The molecule has 8 nitrogen and oxygen atoms in total. The second-order valence-electron chi connectivity index (χ2n) is 6.64. The third kappa shape index (κ3) is 3.34. The van der Waals surface area contributed by atoms with E-state index in [2.05, 4.69) is 24.4 Å². The summed E-state index contributed by atoms with van der Waals surface area (Å²) < 4.78 is 2.27. The molecule has 1 aliphatic carbocycles. The molecule has 128 valence electrons. The summed E-state index contributed by atoms with van der Waals surface area (Å²) in [5.41, 5.74) is 6.97. The molecule has 1 saturated carbocycles. The van der Waals surface area contributed by atoms with Gasteiger partial charge >= 0.3 is 0 Å². The predicted octanol–water partition coefficient (Wildman–Crippen LogP) is 0.273. The van der Waals surface area contributed by atoms with Crippen LogP contribution >= 0.6 is 0 Å². The van der Waals surface area contributed by atoms with E-state index in [1.807, 2.05) is 17.4 Å². The lowest BCUT2D eigenvalue weighted by molar-refractivity contribution is 0.128. The Morgan fingerprint density at radius 3 is 2.92 bits per heavy atom. The van der Waals surface area contributed by atoms with Gasteiger partial charge in [0.05, 0.1) is 18.1 Å². The SMILES string of the molecule is Nc1ccnc(N2CCN(Cc3cncn3C3CC3)C[C@H](O)C2)n1. The number of anilines is 2. The molecule has 4 rings (SSSR count). The quantitative estimate of drug-likeness (QED) is 0.831. The molecule has 0 bridgehead atoms. The van der Waals surface area contributed by atoms with Crippen LogP contribution in [0.15, 0.2) is 24.8 Å². The van der Waals surface area contributed by atoms with Crippen LogP contribution < -0.4 is 10.6 Å². The number of nitrogen functional groups attached to an aromatic ring is 1. The molecule has 0 amide bonds. The van der Waals surface area contributed by atoms with Crippen molar-refractivity contribution in [1.29, 1.82) is 0 Å². The summed E-state index contributed by atoms with van der Waals surface area (Å²) in [6.45, 7) is 3.55. The van der Waals surface area contributed by atoms with Crippen LogP contribution in [0, 0.1) is 0 Å². The molecule has 3 heterocycles. The van der Waals surface area contributed by atoms with Crippen molar-refractivity contribution < 1.29 is 5.11 Å². The van der Waals surface area contributed by atoms with E-state index in [0.717, 1.165) is 19.6 Å². The van der Waals surface area contributed by atoms with Gasteiger partial charge in [0.25, 0.3) is 0 Å². The molecule has 1 saturated heterocycles. The Bertz CT molecular complexity index is 699. The Labute approximate surface area is 140 Å². The van der Waals surface area contributed by atoms with Gasteiger partial charge in [-0.2, -0.15) is 4.98 Å². The first-order valence-corrected chi connectivity index (χ1v) is 8.43. The summed E-state index contributed by atoms with van der Waals surface area (Å²) in [6, 6.07) is 2.29. The van der Waals surface area contributed by atoms with Gasteiger partial charge in [0, 0.05) is 51.2 Å². The second-order valence-corrected chi connectivity index (χ2v) is 6.64. The molecule has 3 N–H and O–H groups in total. The Morgan fingerprint density at radius 2 is 2.12 bits per heavy atom. The van der Waals surface area contributed by atoms with Crippen molar-refractivity contribution in [3.8, 4) is 0 Å². The van der Waals surface area contributed by atoms with Crippen molar-refractivity contribution in [3.63, 3.8) is 0 Å². The number of β-amino-alcohol motifs (C(OH)–C–C–N with tert-alkyl or cyclic N) is 1. The highest BCUT2D eigenvalue weighted by Gasteiger charge is 2.27. The smallest absolute Gasteiger partial charge is 0.227 e. The minimum absolute atomic E-state index is 0.448. The molecule has 8 heteroatoms. The second kappa shape index (κ2) is 6.37. The number of nitrogens with zero attached hydrogens (tertiary/aromatic N) is 6. The van der Waals surface area contributed by atoms with Crippen LogP contribution in [0.3, 0.4) is 0 Å². The highest BCUT2D eigenvalue weighted by molar-refractivity contribution is 5.38. The maximum atomic E-state index is 10.4. The van der Waals surface area contributed by atoms with E-state index in [4.69, 9.17) is 5.73 Å². The lowest BCUT2D eigenvalue weighted by Gasteiger charge is -2.22. The van der Waals surface area contributed by atoms with Gasteiger partial charge in [-0.15, -0.1) is 0 Å². The lowest BCUT2D eigenvalue weighted by Crippen LogP contribution is -2.34. The van der Waals surface area contributed by atoms with Crippen LogP contribution in [0.25, 0.3) is 0 Å². The third-order valence-electron chi connectivity index (χ3n) is 4.61. The first-order valence-electron chi connectivity index (χ1n) is 8.43. The van der Waals surface area contributed by atoms with Crippen LogP contribution in [0.1, 0.15) is 24.6 Å². The molecular weight excluding hydrogens is 306 g/mol. The van der Waals surface area contributed by atoms with E-state index in [1.54, 1.807) is 12.3 Å². The van der Waals surface area contributed by atoms with Crippen molar-refractivity contribution in [2.24, 2.45) is 0 Å². The Balaban J connectivity index is 1.44. The molecule has 24 heavy (non-hydrogen) atoms. The van der Waals surface area contributed by atoms with Crippen molar-refractivity contribution in [2.45, 2.75) is 31.5 Å². The number of aliphatic hydroxyl groups excluding tert-OH is 1. The van der Waals surface area contributed by atoms with Gasteiger partial charge in [-0.1, -0.05) is 0 Å². The van der Waals surface area contributed by atoms with Crippen LogP contribution in [0.5, 0.6) is 0 Å². The average Bonchev–Trinajstić information content (AvgIpc) is 3.33. The van der Waals surface area contributed by atoms with Crippen LogP contribution in [0.4, 0.5) is 11.8 Å². The monoisotopic (exact) mass is 329 g/mol. The largest absolute Gasteiger partial charge is 0.390 e. The number of imidazole rings is 1. The predicted molar refractivity (Wildman–Crippen MR) is 90.4 cm³/mol. The van der Waals surface area contributed by atoms with E-state index in [1.165, 1.54) is 18.5 Å². The highest BCUT2D eigenvalue weighted by atomic mass is 16.3. The molecule has 0 unspecified atom stereocenters. The average molecular weight is 329 g/mol. The van der Waals surface area contributed by atoms with Gasteiger partial charge in [0.2, 0.25) is 5.95 Å². The molecule has 2 aromatic heterocycles. The number of rotatable bonds is 4. The number of aromatic nitrogens is 4. The van der Waals surface area contributed by atoms with Gasteiger partial charge in [-0.25, -0.2) is 9.97 Å². The molecule has 0 spiro atoms. The Morgan fingerprint density at radius 1 is 1.25 bits per heavy atom. The molecule has 1 atom stereocenters. The Kier molecular flexibility index (Phi) is 4.07. The van der Waals surface area contributed by atoms with E-state index >= 15 is 0 Å². The summed E-state index contributed by atoms with van der Waals surface area (Å²) >= 11 is 0. The Hall–Kier alpha value is -2.19. The fraction of sp³-hybridized carbons (Fsp3) is 0.562. The lowest BCUT2D eigenvalue weighted by atomic mass is 10.3. The maximum Gasteiger partial charge on any atom is 0.227 e. The number of hydrogen-bond acceptors (Lipinski definition) is 7. The molecule has 1 aliphatic heterocycles. The summed E-state index contributed by atoms with van der Waals surface area (Å²) in [5.74, 6) is 1.03. The zero-order chi connectivity index (χ0) is 16.5. The molecule has 0 aromatic carbocycles. The first-order chi connectivity index (χ1) is 11.7. The minimum atomic E-state index is -0.449. The summed E-state index contributed by atoms with van der Waals surface area (Å²) in [4.78, 5) is 17.1. The van der Waals surface area contributed by atoms with Crippen molar-refractivity contribution >= 4 is 11.8 Å². The van der Waals surface area contributed by atoms with Crippen molar-refractivity contribution in [2.75, 3.05) is 36.8 Å². The van der Waals surface area contributed by atoms with Gasteiger partial charge in [-0.05, 0) is 18.9 Å². The number of aliphatic hydroxyl groups is 1. The zero-order valence-electron chi connectivity index (χ0n) is 13.6. The van der Waals surface area contributed by atoms with E-state index in [0.29, 0.717) is 30.9 Å². The molecular formula is C16H23N7O. The van der Waals surface area contributed by atoms with Gasteiger partial charge in [0.15, 0.2) is 0 Å². The van der Waals surface area contributed by atoms with Crippen molar-refractivity contribution in [3.05, 3.63) is 30.5 Å². The third-order valence-corrected chi connectivity index (χ3v) is 4.61. The normalized spacial score (nSPS) is 22.5. The highest BCUT2D eigenvalue weighted by Crippen LogP contribution is 2.35. The zero-order valence-corrected chi connectivity index (χ0v) is 13.6. The van der Waals surface area contributed by atoms with E-state index in [-0.39, 0.29) is 0 Å². The van der Waals surface area contributed by atoms with Crippen LogP contribution in [0.2, 0.25) is 0 Å². The molecule has 2 aliphatic rings. The maximum absolute atomic E-state index is 10.4. The van der Waals surface area contributed by atoms with Gasteiger partial charge < -0.3 is 20.3 Å². The molecule has 2 fully saturated rings. The molecule has 0 radical (unpaired) electrons. The fourth-order valence-electron chi connectivity index (χ4n) is 3.26. The van der Waals surface area contributed by atoms with Gasteiger partial charge in [0.1, 0.15) is 5.82 Å². The van der Waals surface area contributed by atoms with E-state index < -0.39 is 6.10 Å². The molecule has 2 aromatic rings. The van der Waals surface area contributed by atoms with Crippen LogP contribution in [-0.2, 0) is 6.54 Å². The first kappa shape index (κ1) is 15.3. The minimum Gasteiger partial charge on any atom is -0.390 e. The van der Waals surface area contributed by atoms with Gasteiger partial charge in [-0.3, -0.25) is 4.90 Å². The van der Waals surface area contributed by atoms with E-state index in [9.17, 15) is 5.11 Å². The summed E-state index contributed by atoms with van der Waals surface area (Å²) in [6.07, 6.45) is 7.55. The van der Waals surface area contributed by atoms with Crippen molar-refractivity contribution in [1.82, 2.24) is 24.4 Å².